The molecule has 1 unspecified atom stereocenters. The van der Waals surface area contributed by atoms with E-state index in [2.05, 4.69) is 5.32 Å². The molecule has 5 nitrogen and oxygen atoms in total. The minimum absolute atomic E-state index is 0.136. The molecule has 1 heterocycles. The third kappa shape index (κ3) is 3.42. The molecule has 5 heteroatoms. The van der Waals surface area contributed by atoms with Crippen molar-refractivity contribution in [2.45, 2.75) is 26.2 Å². The van der Waals surface area contributed by atoms with E-state index in [9.17, 15) is 9.59 Å². The molecule has 0 saturated carbocycles. The number of nitrogens with zero attached hydrogens (tertiary/aromatic N) is 1. The first-order chi connectivity index (χ1) is 7.15. The standard InChI is InChI=1S/C10H18N2O3/c1-2-4-8(9(13)14)7-12-6-3-5-11-10(12)15/h8H,2-7H2,1H3,(H,11,15)(H,13,14). The Hall–Kier alpha value is -1.26. The summed E-state index contributed by atoms with van der Waals surface area (Å²) in [6, 6.07) is -0.136. The summed E-state index contributed by atoms with van der Waals surface area (Å²) in [6.07, 6.45) is 2.34. The van der Waals surface area contributed by atoms with Crippen molar-refractivity contribution in [1.29, 1.82) is 0 Å². The maximum atomic E-state index is 11.4. The zero-order valence-corrected chi connectivity index (χ0v) is 9.03. The normalized spacial score (nSPS) is 18.5. The van der Waals surface area contributed by atoms with Crippen LogP contribution in [0.4, 0.5) is 4.79 Å². The van der Waals surface area contributed by atoms with Gasteiger partial charge in [0.25, 0.3) is 0 Å². The van der Waals surface area contributed by atoms with Gasteiger partial charge in [-0.25, -0.2) is 4.79 Å². The second kappa shape index (κ2) is 5.58. The number of carbonyl (C=O) groups is 2. The molecule has 0 aromatic carbocycles. The molecule has 1 atom stereocenters. The van der Waals surface area contributed by atoms with Gasteiger partial charge in [-0.05, 0) is 12.8 Å². The number of rotatable bonds is 5. The third-order valence-electron chi connectivity index (χ3n) is 2.60. The van der Waals surface area contributed by atoms with E-state index < -0.39 is 11.9 Å². The van der Waals surface area contributed by atoms with Gasteiger partial charge in [-0.2, -0.15) is 0 Å². The molecular formula is C10H18N2O3. The lowest BCUT2D eigenvalue weighted by Gasteiger charge is -2.29. The summed E-state index contributed by atoms with van der Waals surface area (Å²) < 4.78 is 0. The van der Waals surface area contributed by atoms with E-state index in [0.717, 1.165) is 12.8 Å². The van der Waals surface area contributed by atoms with Crippen molar-refractivity contribution in [3.05, 3.63) is 0 Å². The average Bonchev–Trinajstić information content (AvgIpc) is 2.20. The molecule has 2 N–H and O–H groups in total. The zero-order chi connectivity index (χ0) is 11.3. The number of carboxylic acid groups (broad SMARTS) is 1. The van der Waals surface area contributed by atoms with Crippen LogP contribution in [0, 0.1) is 5.92 Å². The molecule has 1 saturated heterocycles. The molecule has 0 bridgehead atoms. The van der Waals surface area contributed by atoms with Gasteiger partial charge in [0.1, 0.15) is 0 Å². The Labute approximate surface area is 89.4 Å². The molecule has 86 valence electrons. The van der Waals surface area contributed by atoms with Crippen molar-refractivity contribution < 1.29 is 14.7 Å². The van der Waals surface area contributed by atoms with Gasteiger partial charge in [0, 0.05) is 19.6 Å². The number of hydrogen-bond donors (Lipinski definition) is 2. The first kappa shape index (κ1) is 11.8. The SMILES string of the molecule is CCCC(CN1CCCNC1=O)C(=O)O. The van der Waals surface area contributed by atoms with Crippen molar-refractivity contribution in [1.82, 2.24) is 10.2 Å². The average molecular weight is 214 g/mol. The second-order valence-electron chi connectivity index (χ2n) is 3.86. The van der Waals surface area contributed by atoms with Gasteiger partial charge in [0.05, 0.1) is 5.92 Å². The van der Waals surface area contributed by atoms with Gasteiger partial charge in [-0.15, -0.1) is 0 Å². The van der Waals surface area contributed by atoms with Gasteiger partial charge in [0.2, 0.25) is 0 Å². The highest BCUT2D eigenvalue weighted by Gasteiger charge is 2.24. The highest BCUT2D eigenvalue weighted by Crippen LogP contribution is 2.11. The van der Waals surface area contributed by atoms with Crippen LogP contribution in [-0.4, -0.2) is 41.6 Å². The highest BCUT2D eigenvalue weighted by atomic mass is 16.4. The first-order valence-corrected chi connectivity index (χ1v) is 5.40. The summed E-state index contributed by atoms with van der Waals surface area (Å²) in [6.45, 7) is 3.64. The molecule has 1 aliphatic rings. The van der Waals surface area contributed by atoms with Gasteiger partial charge >= 0.3 is 12.0 Å². The molecule has 15 heavy (non-hydrogen) atoms. The van der Waals surface area contributed by atoms with E-state index in [0.29, 0.717) is 26.1 Å². The van der Waals surface area contributed by atoms with Crippen LogP contribution in [0.2, 0.25) is 0 Å². The Bertz CT molecular complexity index is 241. The zero-order valence-electron chi connectivity index (χ0n) is 9.03. The number of carbonyl (C=O) groups excluding carboxylic acids is 1. The second-order valence-corrected chi connectivity index (χ2v) is 3.86. The van der Waals surface area contributed by atoms with Crippen molar-refractivity contribution in [3.63, 3.8) is 0 Å². The minimum atomic E-state index is -0.810. The smallest absolute Gasteiger partial charge is 0.317 e. The number of urea groups is 1. The van der Waals surface area contributed by atoms with Gasteiger partial charge in [-0.3, -0.25) is 4.79 Å². The quantitative estimate of drug-likeness (QED) is 0.714. The molecule has 2 amide bonds. The summed E-state index contributed by atoms with van der Waals surface area (Å²) in [4.78, 5) is 23.9. The van der Waals surface area contributed by atoms with Gasteiger partial charge in [-0.1, -0.05) is 13.3 Å². The molecule has 0 radical (unpaired) electrons. The van der Waals surface area contributed by atoms with Crippen LogP contribution in [0.3, 0.4) is 0 Å². The Kier molecular flexibility index (Phi) is 4.39. The summed E-state index contributed by atoms with van der Waals surface area (Å²) in [5, 5.41) is 11.7. The van der Waals surface area contributed by atoms with Crippen LogP contribution in [0.15, 0.2) is 0 Å². The fourth-order valence-electron chi connectivity index (χ4n) is 1.76. The molecule has 1 rings (SSSR count). The Morgan fingerprint density at radius 3 is 2.93 bits per heavy atom. The fourth-order valence-corrected chi connectivity index (χ4v) is 1.76. The molecule has 0 aromatic heterocycles. The maximum Gasteiger partial charge on any atom is 0.317 e. The van der Waals surface area contributed by atoms with Crippen LogP contribution >= 0.6 is 0 Å². The van der Waals surface area contributed by atoms with E-state index in [1.807, 2.05) is 6.92 Å². The monoisotopic (exact) mass is 214 g/mol. The van der Waals surface area contributed by atoms with E-state index in [4.69, 9.17) is 5.11 Å². The number of hydrogen-bond acceptors (Lipinski definition) is 2. The molecule has 0 aromatic rings. The molecule has 0 spiro atoms. The number of nitrogens with one attached hydrogen (secondary N) is 1. The number of aliphatic carboxylic acids is 1. The number of amides is 2. The Morgan fingerprint density at radius 1 is 1.67 bits per heavy atom. The first-order valence-electron chi connectivity index (χ1n) is 5.40. The minimum Gasteiger partial charge on any atom is -0.481 e. The molecule has 1 aliphatic heterocycles. The van der Waals surface area contributed by atoms with Crippen LogP contribution in [0.1, 0.15) is 26.2 Å². The summed E-state index contributed by atoms with van der Waals surface area (Å²) >= 11 is 0. The van der Waals surface area contributed by atoms with Crippen LogP contribution < -0.4 is 5.32 Å². The van der Waals surface area contributed by atoms with Crippen molar-refractivity contribution in [2.75, 3.05) is 19.6 Å². The van der Waals surface area contributed by atoms with Gasteiger partial charge < -0.3 is 15.3 Å². The van der Waals surface area contributed by atoms with Crippen molar-refractivity contribution in [3.8, 4) is 0 Å². The lowest BCUT2D eigenvalue weighted by atomic mass is 10.0. The van der Waals surface area contributed by atoms with Crippen LogP contribution in [-0.2, 0) is 4.79 Å². The van der Waals surface area contributed by atoms with Crippen molar-refractivity contribution >= 4 is 12.0 Å². The summed E-state index contributed by atoms with van der Waals surface area (Å²) in [5.41, 5.74) is 0. The van der Waals surface area contributed by atoms with Crippen molar-refractivity contribution in [2.24, 2.45) is 5.92 Å². The topological polar surface area (TPSA) is 69.6 Å². The van der Waals surface area contributed by atoms with E-state index in [1.165, 1.54) is 0 Å². The Balaban J connectivity index is 2.48. The predicted molar refractivity (Wildman–Crippen MR) is 55.6 cm³/mol. The lowest BCUT2D eigenvalue weighted by molar-refractivity contribution is -0.142. The summed E-state index contributed by atoms with van der Waals surface area (Å²) in [5.74, 6) is -1.24. The van der Waals surface area contributed by atoms with Crippen LogP contribution in [0.5, 0.6) is 0 Å². The van der Waals surface area contributed by atoms with Gasteiger partial charge in [0.15, 0.2) is 0 Å². The molecule has 0 aliphatic carbocycles. The molecular weight excluding hydrogens is 196 g/mol. The molecule has 1 fully saturated rings. The predicted octanol–water partition coefficient (Wildman–Crippen LogP) is 0.903. The van der Waals surface area contributed by atoms with E-state index >= 15 is 0 Å². The largest absolute Gasteiger partial charge is 0.481 e. The highest BCUT2D eigenvalue weighted by molar-refractivity contribution is 5.76. The Morgan fingerprint density at radius 2 is 2.40 bits per heavy atom. The maximum absolute atomic E-state index is 11.4. The van der Waals surface area contributed by atoms with Crippen LogP contribution in [0.25, 0.3) is 0 Å². The summed E-state index contributed by atoms with van der Waals surface area (Å²) in [7, 11) is 0. The fraction of sp³-hybridized carbons (Fsp3) is 0.800. The number of carboxylic acids is 1. The van der Waals surface area contributed by atoms with E-state index in [1.54, 1.807) is 4.90 Å². The lowest BCUT2D eigenvalue weighted by Crippen LogP contribution is -2.48. The third-order valence-corrected chi connectivity index (χ3v) is 2.60. The van der Waals surface area contributed by atoms with E-state index in [-0.39, 0.29) is 6.03 Å².